The first-order chi connectivity index (χ1) is 7.50. The Hall–Kier alpha value is -1.36. The van der Waals surface area contributed by atoms with Crippen molar-refractivity contribution in [1.82, 2.24) is 4.98 Å². The number of allylic oxidation sites excluding steroid dienone is 1. The molecule has 0 amide bonds. The van der Waals surface area contributed by atoms with Crippen LogP contribution in [0.2, 0.25) is 0 Å². The number of pyridine rings is 1. The Morgan fingerprint density at radius 2 is 2.25 bits per heavy atom. The highest BCUT2D eigenvalue weighted by Gasteiger charge is 2.23. The molecule has 0 saturated carbocycles. The third-order valence-electron chi connectivity index (χ3n) is 2.69. The third-order valence-corrected chi connectivity index (χ3v) is 3.87. The van der Waals surface area contributed by atoms with E-state index in [9.17, 15) is 8.42 Å². The van der Waals surface area contributed by atoms with Crippen LogP contribution < -0.4 is 4.31 Å². The highest BCUT2D eigenvalue weighted by molar-refractivity contribution is 7.92. The van der Waals surface area contributed by atoms with Gasteiger partial charge in [0.05, 0.1) is 18.1 Å². The summed E-state index contributed by atoms with van der Waals surface area (Å²) in [4.78, 5) is 3.99. The molecule has 0 atom stereocenters. The van der Waals surface area contributed by atoms with Crippen molar-refractivity contribution < 1.29 is 8.42 Å². The van der Waals surface area contributed by atoms with Crippen molar-refractivity contribution in [1.29, 1.82) is 0 Å². The summed E-state index contributed by atoms with van der Waals surface area (Å²) in [5.74, 6) is 0. The van der Waals surface area contributed by atoms with Crippen LogP contribution in [0.5, 0.6) is 0 Å². The molecule has 4 nitrogen and oxygen atoms in total. The fourth-order valence-electron chi connectivity index (χ4n) is 1.92. The normalized spacial score (nSPS) is 16.8. The van der Waals surface area contributed by atoms with Crippen molar-refractivity contribution in [3.05, 3.63) is 30.6 Å². The molecule has 0 fully saturated rings. The van der Waals surface area contributed by atoms with E-state index in [1.807, 2.05) is 6.07 Å². The molecule has 0 radical (unpaired) electrons. The first-order valence-electron chi connectivity index (χ1n) is 5.10. The highest BCUT2D eigenvalue weighted by Crippen LogP contribution is 2.32. The van der Waals surface area contributed by atoms with E-state index in [0.717, 1.165) is 24.0 Å². The molecule has 1 aromatic heterocycles. The van der Waals surface area contributed by atoms with Crippen LogP contribution in [-0.2, 0) is 10.0 Å². The van der Waals surface area contributed by atoms with Gasteiger partial charge in [-0.3, -0.25) is 9.29 Å². The molecule has 86 valence electrons. The van der Waals surface area contributed by atoms with Crippen LogP contribution in [0.25, 0.3) is 5.57 Å². The van der Waals surface area contributed by atoms with Gasteiger partial charge < -0.3 is 0 Å². The topological polar surface area (TPSA) is 50.3 Å². The molecule has 0 aromatic carbocycles. The molecule has 1 aliphatic heterocycles. The predicted molar refractivity (Wildman–Crippen MR) is 64.7 cm³/mol. The lowest BCUT2D eigenvalue weighted by atomic mass is 10.0. The van der Waals surface area contributed by atoms with Gasteiger partial charge in [0.25, 0.3) is 0 Å². The Labute approximate surface area is 95.7 Å². The van der Waals surface area contributed by atoms with E-state index in [1.165, 1.54) is 10.6 Å². The number of rotatable bonds is 1. The van der Waals surface area contributed by atoms with Crippen LogP contribution >= 0.6 is 0 Å². The van der Waals surface area contributed by atoms with Crippen molar-refractivity contribution in [2.45, 2.75) is 12.8 Å². The molecule has 0 bridgehead atoms. The first-order valence-corrected chi connectivity index (χ1v) is 6.95. The Morgan fingerprint density at radius 1 is 1.50 bits per heavy atom. The summed E-state index contributed by atoms with van der Waals surface area (Å²) in [6.07, 6.45) is 6.09. The average Bonchev–Trinajstić information content (AvgIpc) is 2.38. The molecule has 2 rings (SSSR count). The minimum Gasteiger partial charge on any atom is -0.268 e. The molecule has 1 aromatic rings. The van der Waals surface area contributed by atoms with Crippen molar-refractivity contribution >= 4 is 21.3 Å². The molecule has 0 aliphatic carbocycles. The van der Waals surface area contributed by atoms with Crippen molar-refractivity contribution in [3.63, 3.8) is 0 Å². The standard InChI is InChI=1S/C11H14N2O2S/c1-9-4-3-7-13(16(2,14)15)11-8-12-6-5-10(9)11/h5-6,8H,1,3-4,7H2,2H3. The molecule has 16 heavy (non-hydrogen) atoms. The van der Waals surface area contributed by atoms with E-state index in [4.69, 9.17) is 0 Å². The van der Waals surface area contributed by atoms with Crippen LogP contribution in [0.1, 0.15) is 18.4 Å². The summed E-state index contributed by atoms with van der Waals surface area (Å²) < 4.78 is 24.8. The van der Waals surface area contributed by atoms with Crippen molar-refractivity contribution in [3.8, 4) is 0 Å². The quantitative estimate of drug-likeness (QED) is 0.747. The van der Waals surface area contributed by atoms with E-state index in [0.29, 0.717) is 12.2 Å². The van der Waals surface area contributed by atoms with Crippen LogP contribution in [0.4, 0.5) is 5.69 Å². The monoisotopic (exact) mass is 238 g/mol. The molecular formula is C11H14N2O2S. The Bertz CT molecular complexity index is 523. The fourth-order valence-corrected chi connectivity index (χ4v) is 2.88. The summed E-state index contributed by atoms with van der Waals surface area (Å²) in [5.41, 5.74) is 2.51. The van der Waals surface area contributed by atoms with Crippen LogP contribution in [-0.4, -0.2) is 26.2 Å². The number of fused-ring (bicyclic) bond motifs is 1. The smallest absolute Gasteiger partial charge is 0.232 e. The Balaban J connectivity index is 2.60. The zero-order valence-corrected chi connectivity index (χ0v) is 10.00. The van der Waals surface area contributed by atoms with Gasteiger partial charge >= 0.3 is 0 Å². The maximum absolute atomic E-state index is 11.7. The second kappa shape index (κ2) is 3.90. The SMILES string of the molecule is C=C1CCCN(S(C)(=O)=O)c2cnccc21. The number of hydrogen-bond donors (Lipinski definition) is 0. The van der Waals surface area contributed by atoms with Crippen LogP contribution in [0.15, 0.2) is 25.0 Å². The molecule has 0 saturated heterocycles. The summed E-state index contributed by atoms with van der Waals surface area (Å²) >= 11 is 0. The van der Waals surface area contributed by atoms with Gasteiger partial charge in [-0.05, 0) is 24.5 Å². The van der Waals surface area contributed by atoms with Gasteiger partial charge in [-0.1, -0.05) is 6.58 Å². The lowest BCUT2D eigenvalue weighted by molar-refractivity contribution is 0.595. The zero-order valence-electron chi connectivity index (χ0n) is 9.18. The second-order valence-corrected chi connectivity index (χ2v) is 5.84. The number of hydrogen-bond acceptors (Lipinski definition) is 3. The lowest BCUT2D eigenvalue weighted by Gasteiger charge is -2.21. The highest BCUT2D eigenvalue weighted by atomic mass is 32.2. The molecule has 0 spiro atoms. The van der Waals surface area contributed by atoms with E-state index in [1.54, 1.807) is 12.4 Å². The van der Waals surface area contributed by atoms with Crippen LogP contribution in [0, 0.1) is 0 Å². The van der Waals surface area contributed by atoms with Crippen molar-refractivity contribution in [2.24, 2.45) is 0 Å². The largest absolute Gasteiger partial charge is 0.268 e. The minimum absolute atomic E-state index is 0.497. The lowest BCUT2D eigenvalue weighted by Crippen LogP contribution is -2.30. The Kier molecular flexibility index (Phi) is 2.71. The molecule has 0 unspecified atom stereocenters. The van der Waals surface area contributed by atoms with E-state index in [-0.39, 0.29) is 0 Å². The summed E-state index contributed by atoms with van der Waals surface area (Å²) in [6.45, 7) is 4.48. The van der Waals surface area contributed by atoms with E-state index >= 15 is 0 Å². The van der Waals surface area contributed by atoms with Gasteiger partial charge in [0.15, 0.2) is 0 Å². The maximum Gasteiger partial charge on any atom is 0.232 e. The third kappa shape index (κ3) is 1.95. The first kappa shape index (κ1) is 11.1. The summed E-state index contributed by atoms with van der Waals surface area (Å²) in [6, 6.07) is 1.82. The molecule has 2 heterocycles. The summed E-state index contributed by atoms with van der Waals surface area (Å²) in [5, 5.41) is 0. The molecule has 1 aliphatic rings. The average molecular weight is 238 g/mol. The minimum atomic E-state index is -3.23. The van der Waals surface area contributed by atoms with Crippen molar-refractivity contribution in [2.75, 3.05) is 17.1 Å². The van der Waals surface area contributed by atoms with Gasteiger partial charge in [-0.2, -0.15) is 0 Å². The number of anilines is 1. The van der Waals surface area contributed by atoms with Crippen LogP contribution in [0.3, 0.4) is 0 Å². The van der Waals surface area contributed by atoms with E-state index < -0.39 is 10.0 Å². The van der Waals surface area contributed by atoms with E-state index in [2.05, 4.69) is 11.6 Å². The Morgan fingerprint density at radius 3 is 2.94 bits per heavy atom. The maximum atomic E-state index is 11.7. The van der Waals surface area contributed by atoms with Gasteiger partial charge in [0.1, 0.15) is 0 Å². The fraction of sp³-hybridized carbons (Fsp3) is 0.364. The zero-order chi connectivity index (χ0) is 11.8. The molecular weight excluding hydrogens is 224 g/mol. The number of aromatic nitrogens is 1. The van der Waals surface area contributed by atoms with Gasteiger partial charge in [0.2, 0.25) is 10.0 Å². The van der Waals surface area contributed by atoms with Gasteiger partial charge in [-0.25, -0.2) is 8.42 Å². The molecule has 0 N–H and O–H groups in total. The number of sulfonamides is 1. The van der Waals surface area contributed by atoms with Gasteiger partial charge in [0, 0.05) is 18.3 Å². The number of nitrogens with zero attached hydrogens (tertiary/aromatic N) is 2. The summed E-state index contributed by atoms with van der Waals surface area (Å²) in [7, 11) is -3.23. The van der Waals surface area contributed by atoms with Gasteiger partial charge in [-0.15, -0.1) is 0 Å². The molecule has 5 heteroatoms. The second-order valence-electron chi connectivity index (χ2n) is 3.94. The predicted octanol–water partition coefficient (Wildman–Crippen LogP) is 1.65.